The molecule has 0 saturated heterocycles. The van der Waals surface area contributed by atoms with E-state index in [0.717, 1.165) is 16.5 Å². The van der Waals surface area contributed by atoms with Crippen molar-refractivity contribution in [2.24, 2.45) is 0 Å². The molecule has 0 spiro atoms. The SMILES string of the molecule is CNC(Cc1cc(Br)cs1)c1c(Cl)cccc1Cl. The Labute approximate surface area is 129 Å². The molecule has 1 nitrogen and oxygen atoms in total. The second-order valence-corrected chi connectivity index (χ2v) is 6.64. The molecule has 0 fully saturated rings. The molecular weight excluding hydrogens is 353 g/mol. The van der Waals surface area contributed by atoms with Gasteiger partial charge in [-0.2, -0.15) is 0 Å². The van der Waals surface area contributed by atoms with E-state index < -0.39 is 0 Å². The molecule has 1 aromatic carbocycles. The molecule has 1 heterocycles. The van der Waals surface area contributed by atoms with Crippen molar-refractivity contribution < 1.29 is 0 Å². The standard InChI is InChI=1S/C13H12BrCl2NS/c1-17-12(6-9-5-8(14)7-18-9)13-10(15)3-2-4-11(13)16/h2-5,7,12,17H,6H2,1H3. The van der Waals surface area contributed by atoms with Crippen LogP contribution in [0.15, 0.2) is 34.1 Å². The van der Waals surface area contributed by atoms with E-state index in [1.807, 2.05) is 25.2 Å². The number of nitrogens with one attached hydrogen (secondary N) is 1. The van der Waals surface area contributed by atoms with E-state index in [1.165, 1.54) is 4.88 Å². The van der Waals surface area contributed by atoms with E-state index in [0.29, 0.717) is 10.0 Å². The highest BCUT2D eigenvalue weighted by atomic mass is 79.9. The van der Waals surface area contributed by atoms with Gasteiger partial charge in [0, 0.05) is 42.8 Å². The summed E-state index contributed by atoms with van der Waals surface area (Å²) < 4.78 is 1.11. The van der Waals surface area contributed by atoms with Gasteiger partial charge in [0.05, 0.1) is 0 Å². The van der Waals surface area contributed by atoms with Gasteiger partial charge in [-0.15, -0.1) is 11.3 Å². The molecule has 0 saturated carbocycles. The van der Waals surface area contributed by atoms with E-state index in [9.17, 15) is 0 Å². The van der Waals surface area contributed by atoms with Crippen molar-refractivity contribution in [1.82, 2.24) is 5.32 Å². The smallest absolute Gasteiger partial charge is 0.0468 e. The third-order valence-corrected chi connectivity index (χ3v) is 5.10. The first-order valence-electron chi connectivity index (χ1n) is 5.46. The molecule has 2 rings (SSSR count). The average Bonchev–Trinajstić information content (AvgIpc) is 2.73. The van der Waals surface area contributed by atoms with Crippen LogP contribution < -0.4 is 5.32 Å². The number of hydrogen-bond donors (Lipinski definition) is 1. The zero-order valence-corrected chi connectivity index (χ0v) is 13.6. The summed E-state index contributed by atoms with van der Waals surface area (Å²) in [5, 5.41) is 6.77. The molecule has 18 heavy (non-hydrogen) atoms. The summed E-state index contributed by atoms with van der Waals surface area (Å²) in [6.45, 7) is 0. The summed E-state index contributed by atoms with van der Waals surface area (Å²) in [5.41, 5.74) is 0.966. The Morgan fingerprint density at radius 3 is 2.50 bits per heavy atom. The molecule has 5 heteroatoms. The molecule has 0 aliphatic rings. The minimum Gasteiger partial charge on any atom is -0.313 e. The average molecular weight is 365 g/mol. The summed E-state index contributed by atoms with van der Waals surface area (Å²) in [7, 11) is 1.92. The normalized spacial score (nSPS) is 12.7. The lowest BCUT2D eigenvalue weighted by Gasteiger charge is -2.18. The van der Waals surface area contributed by atoms with Crippen molar-refractivity contribution in [3.05, 3.63) is 54.6 Å². The van der Waals surface area contributed by atoms with Gasteiger partial charge in [0.15, 0.2) is 0 Å². The Balaban J connectivity index is 2.28. The van der Waals surface area contributed by atoms with Crippen molar-refractivity contribution in [2.75, 3.05) is 7.05 Å². The lowest BCUT2D eigenvalue weighted by Crippen LogP contribution is -2.19. The fraction of sp³-hybridized carbons (Fsp3) is 0.231. The van der Waals surface area contributed by atoms with Gasteiger partial charge in [-0.3, -0.25) is 0 Å². The number of benzene rings is 1. The van der Waals surface area contributed by atoms with Crippen molar-refractivity contribution in [1.29, 1.82) is 0 Å². The highest BCUT2D eigenvalue weighted by Gasteiger charge is 2.17. The second kappa shape index (κ2) is 6.40. The van der Waals surface area contributed by atoms with Crippen LogP contribution in [0.3, 0.4) is 0 Å². The van der Waals surface area contributed by atoms with Crippen LogP contribution in [0.2, 0.25) is 10.0 Å². The Hall–Kier alpha value is -0.0600. The predicted octanol–water partition coefficient (Wildman–Crippen LogP) is 5.32. The molecule has 2 aromatic rings. The fourth-order valence-electron chi connectivity index (χ4n) is 1.85. The van der Waals surface area contributed by atoms with E-state index in [1.54, 1.807) is 11.3 Å². The molecule has 1 unspecified atom stereocenters. The van der Waals surface area contributed by atoms with Crippen LogP contribution >= 0.6 is 50.5 Å². The van der Waals surface area contributed by atoms with Crippen molar-refractivity contribution in [2.45, 2.75) is 12.5 Å². The van der Waals surface area contributed by atoms with Gasteiger partial charge in [-0.25, -0.2) is 0 Å². The number of thiophene rings is 1. The van der Waals surface area contributed by atoms with E-state index in [4.69, 9.17) is 23.2 Å². The van der Waals surface area contributed by atoms with Crippen LogP contribution in [-0.4, -0.2) is 7.05 Å². The van der Waals surface area contributed by atoms with Gasteiger partial charge in [-0.1, -0.05) is 29.3 Å². The highest BCUT2D eigenvalue weighted by Crippen LogP contribution is 2.33. The highest BCUT2D eigenvalue weighted by molar-refractivity contribution is 9.10. The van der Waals surface area contributed by atoms with Crippen LogP contribution in [0.5, 0.6) is 0 Å². The van der Waals surface area contributed by atoms with Crippen LogP contribution in [0.25, 0.3) is 0 Å². The molecular formula is C13H12BrCl2NS. The maximum Gasteiger partial charge on any atom is 0.0468 e. The van der Waals surface area contributed by atoms with E-state index in [-0.39, 0.29) is 6.04 Å². The summed E-state index contributed by atoms with van der Waals surface area (Å²) in [4.78, 5) is 1.29. The third-order valence-electron chi connectivity index (χ3n) is 2.72. The molecule has 0 aliphatic heterocycles. The summed E-state index contributed by atoms with van der Waals surface area (Å²) >= 11 is 17.7. The predicted molar refractivity (Wildman–Crippen MR) is 84.0 cm³/mol. The summed E-state index contributed by atoms with van der Waals surface area (Å²) in [6.07, 6.45) is 0.871. The molecule has 1 atom stereocenters. The maximum absolute atomic E-state index is 6.24. The van der Waals surface area contributed by atoms with Gasteiger partial charge in [0.1, 0.15) is 0 Å². The minimum absolute atomic E-state index is 0.122. The molecule has 0 bridgehead atoms. The van der Waals surface area contributed by atoms with Crippen molar-refractivity contribution >= 4 is 50.5 Å². The Bertz CT molecular complexity index is 521. The third kappa shape index (κ3) is 3.28. The summed E-state index contributed by atoms with van der Waals surface area (Å²) in [5.74, 6) is 0. The topological polar surface area (TPSA) is 12.0 Å². The zero-order valence-electron chi connectivity index (χ0n) is 9.71. The lowest BCUT2D eigenvalue weighted by atomic mass is 10.0. The molecule has 0 aliphatic carbocycles. The van der Waals surface area contributed by atoms with Gasteiger partial charge in [0.25, 0.3) is 0 Å². The van der Waals surface area contributed by atoms with Crippen LogP contribution in [-0.2, 0) is 6.42 Å². The molecule has 0 radical (unpaired) electrons. The number of halogens is 3. The Morgan fingerprint density at radius 1 is 1.33 bits per heavy atom. The first-order valence-corrected chi connectivity index (χ1v) is 7.88. The Kier molecular flexibility index (Phi) is 5.10. The first-order chi connectivity index (χ1) is 8.61. The van der Waals surface area contributed by atoms with Gasteiger partial charge in [0.2, 0.25) is 0 Å². The minimum atomic E-state index is 0.122. The number of likely N-dealkylation sites (N-methyl/N-ethyl adjacent to an activating group) is 1. The van der Waals surface area contributed by atoms with Crippen LogP contribution in [0.4, 0.5) is 0 Å². The molecule has 1 aromatic heterocycles. The van der Waals surface area contributed by atoms with Crippen molar-refractivity contribution in [3.8, 4) is 0 Å². The first kappa shape index (κ1) is 14.4. The van der Waals surface area contributed by atoms with Gasteiger partial charge < -0.3 is 5.32 Å². The maximum atomic E-state index is 6.24. The second-order valence-electron chi connectivity index (χ2n) is 3.91. The zero-order chi connectivity index (χ0) is 13.1. The fourth-order valence-corrected chi connectivity index (χ4v) is 4.01. The number of rotatable bonds is 4. The van der Waals surface area contributed by atoms with Crippen LogP contribution in [0, 0.1) is 0 Å². The van der Waals surface area contributed by atoms with Gasteiger partial charge in [-0.05, 0) is 41.2 Å². The van der Waals surface area contributed by atoms with Gasteiger partial charge >= 0.3 is 0 Å². The van der Waals surface area contributed by atoms with Crippen molar-refractivity contribution in [3.63, 3.8) is 0 Å². The number of hydrogen-bond acceptors (Lipinski definition) is 2. The molecule has 96 valence electrons. The largest absolute Gasteiger partial charge is 0.313 e. The monoisotopic (exact) mass is 363 g/mol. The van der Waals surface area contributed by atoms with E-state index in [2.05, 4.69) is 32.7 Å². The molecule has 0 amide bonds. The lowest BCUT2D eigenvalue weighted by molar-refractivity contribution is 0.597. The van der Waals surface area contributed by atoms with Crippen LogP contribution in [0.1, 0.15) is 16.5 Å². The quantitative estimate of drug-likeness (QED) is 0.773. The summed E-state index contributed by atoms with van der Waals surface area (Å²) in [6, 6.07) is 7.86. The molecule has 1 N–H and O–H groups in total. The Morgan fingerprint density at radius 2 is 2.00 bits per heavy atom. The van der Waals surface area contributed by atoms with E-state index >= 15 is 0 Å².